The topological polar surface area (TPSA) is 43.4 Å². The Labute approximate surface area is 75.2 Å². The molecular weight excluding hydrogens is 175 g/mol. The van der Waals surface area contributed by atoms with Crippen molar-refractivity contribution in [3.63, 3.8) is 0 Å². The molecule has 1 saturated heterocycles. The normalized spacial score (nSPS) is 32.2. The van der Waals surface area contributed by atoms with Crippen LogP contribution < -0.4 is 0 Å². The van der Waals surface area contributed by atoms with Crippen LogP contribution in [0.4, 0.5) is 4.39 Å². The quantitative estimate of drug-likeness (QED) is 0.423. The summed E-state index contributed by atoms with van der Waals surface area (Å²) in [7, 11) is 0. The SMILES string of the molecule is O=C1CC2(CCC(F)C2)CC(=O)O1. The van der Waals surface area contributed by atoms with Crippen molar-refractivity contribution in [2.45, 2.75) is 38.3 Å². The Balaban J connectivity index is 2.14. The molecule has 0 N–H and O–H groups in total. The molecule has 13 heavy (non-hydrogen) atoms. The number of alkyl halides is 1. The number of esters is 2. The zero-order chi connectivity index (χ0) is 9.47. The van der Waals surface area contributed by atoms with Gasteiger partial charge in [0.1, 0.15) is 6.17 Å². The third kappa shape index (κ3) is 1.57. The summed E-state index contributed by atoms with van der Waals surface area (Å²) in [5, 5.41) is 0. The molecule has 2 aliphatic rings. The molecule has 1 saturated carbocycles. The van der Waals surface area contributed by atoms with Crippen molar-refractivity contribution in [1.82, 2.24) is 0 Å². The highest BCUT2D eigenvalue weighted by Gasteiger charge is 2.46. The molecule has 0 aromatic rings. The van der Waals surface area contributed by atoms with Crippen LogP contribution in [-0.4, -0.2) is 18.1 Å². The molecule has 1 aliphatic heterocycles. The lowest BCUT2D eigenvalue weighted by atomic mass is 9.78. The maximum absolute atomic E-state index is 12.9. The summed E-state index contributed by atoms with van der Waals surface area (Å²) in [5.41, 5.74) is -0.411. The van der Waals surface area contributed by atoms with Crippen LogP contribution in [0.2, 0.25) is 0 Å². The molecule has 0 radical (unpaired) electrons. The van der Waals surface area contributed by atoms with E-state index in [0.717, 1.165) is 0 Å². The van der Waals surface area contributed by atoms with Gasteiger partial charge in [0, 0.05) is 0 Å². The highest BCUT2D eigenvalue weighted by atomic mass is 19.1. The molecule has 1 aliphatic carbocycles. The maximum atomic E-state index is 12.9. The van der Waals surface area contributed by atoms with Crippen LogP contribution >= 0.6 is 0 Å². The van der Waals surface area contributed by atoms with Crippen LogP contribution in [0.25, 0.3) is 0 Å². The lowest BCUT2D eigenvalue weighted by molar-refractivity contribution is -0.169. The number of carbonyl (C=O) groups excluding carboxylic acids is 2. The van der Waals surface area contributed by atoms with Gasteiger partial charge in [0.2, 0.25) is 0 Å². The van der Waals surface area contributed by atoms with Crippen molar-refractivity contribution < 1.29 is 18.7 Å². The van der Waals surface area contributed by atoms with E-state index >= 15 is 0 Å². The predicted octanol–water partition coefficient (Wildman–Crippen LogP) is 1.36. The fourth-order valence-corrected chi connectivity index (χ4v) is 2.33. The van der Waals surface area contributed by atoms with E-state index in [1.54, 1.807) is 0 Å². The van der Waals surface area contributed by atoms with Gasteiger partial charge in [-0.2, -0.15) is 0 Å². The Morgan fingerprint density at radius 1 is 1.31 bits per heavy atom. The van der Waals surface area contributed by atoms with Gasteiger partial charge in [0.05, 0.1) is 12.8 Å². The van der Waals surface area contributed by atoms with Crippen LogP contribution in [0.3, 0.4) is 0 Å². The molecule has 2 rings (SSSR count). The van der Waals surface area contributed by atoms with Gasteiger partial charge in [-0.15, -0.1) is 0 Å². The Hall–Kier alpha value is -0.930. The molecular formula is C9H11FO3. The molecule has 3 nitrogen and oxygen atoms in total. The van der Waals surface area contributed by atoms with Gasteiger partial charge < -0.3 is 4.74 Å². The van der Waals surface area contributed by atoms with Gasteiger partial charge >= 0.3 is 11.9 Å². The molecule has 1 heterocycles. The van der Waals surface area contributed by atoms with Crippen LogP contribution in [0.1, 0.15) is 32.1 Å². The first-order valence-corrected chi connectivity index (χ1v) is 4.47. The van der Waals surface area contributed by atoms with E-state index in [-0.39, 0.29) is 12.8 Å². The van der Waals surface area contributed by atoms with E-state index < -0.39 is 23.5 Å². The van der Waals surface area contributed by atoms with Crippen molar-refractivity contribution >= 4 is 11.9 Å². The van der Waals surface area contributed by atoms with Crippen molar-refractivity contribution in [1.29, 1.82) is 0 Å². The summed E-state index contributed by atoms with van der Waals surface area (Å²) in [4.78, 5) is 22.0. The van der Waals surface area contributed by atoms with E-state index in [4.69, 9.17) is 0 Å². The Morgan fingerprint density at radius 3 is 2.38 bits per heavy atom. The minimum atomic E-state index is -0.848. The summed E-state index contributed by atoms with van der Waals surface area (Å²) in [6.07, 6.45) is 1.01. The average Bonchev–Trinajstić information content (AvgIpc) is 2.28. The van der Waals surface area contributed by atoms with Crippen molar-refractivity contribution in [2.24, 2.45) is 5.41 Å². The zero-order valence-corrected chi connectivity index (χ0v) is 7.22. The molecule has 1 atom stereocenters. The zero-order valence-electron chi connectivity index (χ0n) is 7.22. The van der Waals surface area contributed by atoms with Crippen LogP contribution in [0.5, 0.6) is 0 Å². The molecule has 0 bridgehead atoms. The van der Waals surface area contributed by atoms with E-state index in [0.29, 0.717) is 19.3 Å². The molecule has 4 heteroatoms. The van der Waals surface area contributed by atoms with Crippen LogP contribution in [-0.2, 0) is 14.3 Å². The largest absolute Gasteiger partial charge is 0.393 e. The number of ether oxygens (including phenoxy) is 1. The first kappa shape index (κ1) is 8.66. The van der Waals surface area contributed by atoms with Crippen LogP contribution in [0, 0.1) is 5.41 Å². The summed E-state index contributed by atoms with van der Waals surface area (Å²) < 4.78 is 17.4. The highest BCUT2D eigenvalue weighted by molar-refractivity contribution is 5.89. The molecule has 2 fully saturated rings. The summed E-state index contributed by atoms with van der Waals surface area (Å²) in [6, 6.07) is 0. The Morgan fingerprint density at radius 2 is 1.92 bits per heavy atom. The number of hydrogen-bond acceptors (Lipinski definition) is 3. The number of rotatable bonds is 0. The third-order valence-corrected chi connectivity index (χ3v) is 2.91. The second kappa shape index (κ2) is 2.79. The van der Waals surface area contributed by atoms with Gasteiger partial charge in [-0.3, -0.25) is 9.59 Å². The Bertz CT molecular complexity index is 246. The smallest absolute Gasteiger partial charge is 0.314 e. The average molecular weight is 186 g/mol. The number of halogens is 1. The van der Waals surface area contributed by atoms with Gasteiger partial charge in [0.15, 0.2) is 0 Å². The van der Waals surface area contributed by atoms with E-state index in [1.807, 2.05) is 0 Å². The number of cyclic esters (lactones) is 2. The van der Waals surface area contributed by atoms with Crippen molar-refractivity contribution in [3.05, 3.63) is 0 Å². The summed E-state index contributed by atoms with van der Waals surface area (Å²) in [5.74, 6) is -0.990. The molecule has 1 spiro atoms. The third-order valence-electron chi connectivity index (χ3n) is 2.91. The van der Waals surface area contributed by atoms with E-state index in [9.17, 15) is 14.0 Å². The predicted molar refractivity (Wildman–Crippen MR) is 41.5 cm³/mol. The van der Waals surface area contributed by atoms with Crippen LogP contribution in [0.15, 0.2) is 0 Å². The minimum absolute atomic E-state index is 0.208. The van der Waals surface area contributed by atoms with Crippen molar-refractivity contribution in [2.75, 3.05) is 0 Å². The van der Waals surface area contributed by atoms with Crippen molar-refractivity contribution in [3.8, 4) is 0 Å². The first-order valence-electron chi connectivity index (χ1n) is 4.47. The number of hydrogen-bond donors (Lipinski definition) is 0. The monoisotopic (exact) mass is 186 g/mol. The van der Waals surface area contributed by atoms with E-state index in [2.05, 4.69) is 4.74 Å². The lowest BCUT2D eigenvalue weighted by Crippen LogP contribution is -2.34. The standard InChI is InChI=1S/C9H11FO3/c10-6-1-2-9(3-6)4-7(11)13-8(12)5-9/h6H,1-5H2. The van der Waals surface area contributed by atoms with Gasteiger partial charge in [-0.25, -0.2) is 4.39 Å². The molecule has 0 amide bonds. The minimum Gasteiger partial charge on any atom is -0.393 e. The maximum Gasteiger partial charge on any atom is 0.314 e. The molecule has 1 unspecified atom stereocenters. The molecule has 0 aromatic heterocycles. The first-order chi connectivity index (χ1) is 6.10. The second-order valence-corrected chi connectivity index (χ2v) is 4.04. The van der Waals surface area contributed by atoms with E-state index in [1.165, 1.54) is 0 Å². The van der Waals surface area contributed by atoms with Gasteiger partial charge in [-0.05, 0) is 24.7 Å². The lowest BCUT2D eigenvalue weighted by Gasteiger charge is -2.29. The number of carbonyl (C=O) groups is 2. The molecule has 0 aromatic carbocycles. The summed E-state index contributed by atoms with van der Waals surface area (Å²) in [6.45, 7) is 0. The second-order valence-electron chi connectivity index (χ2n) is 4.04. The fraction of sp³-hybridized carbons (Fsp3) is 0.778. The Kier molecular flexibility index (Phi) is 1.86. The fourth-order valence-electron chi connectivity index (χ4n) is 2.33. The van der Waals surface area contributed by atoms with Gasteiger partial charge in [-0.1, -0.05) is 0 Å². The van der Waals surface area contributed by atoms with Gasteiger partial charge in [0.25, 0.3) is 0 Å². The highest BCUT2D eigenvalue weighted by Crippen LogP contribution is 2.47. The summed E-state index contributed by atoms with van der Waals surface area (Å²) >= 11 is 0. The molecule has 72 valence electrons.